The van der Waals surface area contributed by atoms with Gasteiger partial charge in [0.25, 0.3) is 0 Å². The molecule has 0 radical (unpaired) electrons. The van der Waals surface area contributed by atoms with E-state index in [9.17, 15) is 4.79 Å². The largest absolute Gasteiger partial charge is 0.452 e. The molecule has 0 aliphatic carbocycles. The van der Waals surface area contributed by atoms with Crippen molar-refractivity contribution in [1.82, 2.24) is 4.90 Å². The fraction of sp³-hybridized carbons (Fsp3) is 0.214. The van der Waals surface area contributed by atoms with Crippen molar-refractivity contribution in [2.75, 3.05) is 12.4 Å². The first kappa shape index (κ1) is 13.2. The Morgan fingerprint density at radius 2 is 2.20 bits per heavy atom. The molecule has 6 heteroatoms. The number of furan rings is 1. The van der Waals surface area contributed by atoms with E-state index in [1.165, 1.54) is 0 Å². The Bertz CT molecular complexity index is 668. The molecule has 1 aliphatic rings. The predicted molar refractivity (Wildman–Crippen MR) is 79.4 cm³/mol. The second kappa shape index (κ2) is 4.96. The van der Waals surface area contributed by atoms with Crippen molar-refractivity contribution in [3.05, 3.63) is 51.9 Å². The number of amides is 2. The quantitative estimate of drug-likeness (QED) is 0.885. The fourth-order valence-corrected chi connectivity index (χ4v) is 2.58. The second-order valence-electron chi connectivity index (χ2n) is 4.82. The molecular formula is C14H14BrN3O2. The van der Waals surface area contributed by atoms with E-state index in [0.717, 1.165) is 16.8 Å². The summed E-state index contributed by atoms with van der Waals surface area (Å²) in [5.74, 6) is 0.699. The molecule has 2 heterocycles. The molecule has 1 aliphatic heterocycles. The molecule has 2 amide bonds. The molecule has 0 saturated heterocycles. The molecule has 5 nitrogen and oxygen atoms in total. The van der Waals surface area contributed by atoms with E-state index in [2.05, 4.69) is 21.2 Å². The first-order valence-corrected chi connectivity index (χ1v) is 6.99. The van der Waals surface area contributed by atoms with Crippen LogP contribution in [0.25, 0.3) is 0 Å². The van der Waals surface area contributed by atoms with Crippen molar-refractivity contribution in [2.45, 2.75) is 12.6 Å². The lowest BCUT2D eigenvalue weighted by Crippen LogP contribution is -2.35. The van der Waals surface area contributed by atoms with Gasteiger partial charge in [-0.3, -0.25) is 0 Å². The molecule has 0 bridgehead atoms. The first-order chi connectivity index (χ1) is 9.54. The van der Waals surface area contributed by atoms with Gasteiger partial charge in [0.2, 0.25) is 0 Å². The smallest absolute Gasteiger partial charge is 0.321 e. The number of benzene rings is 1. The molecule has 0 spiro atoms. The van der Waals surface area contributed by atoms with Crippen LogP contribution in [0.4, 0.5) is 10.5 Å². The van der Waals surface area contributed by atoms with Gasteiger partial charge in [-0.1, -0.05) is 6.07 Å². The highest BCUT2D eigenvalue weighted by Gasteiger charge is 2.21. The number of nitrogens with zero attached hydrogens (tertiary/aromatic N) is 1. The number of urea groups is 1. The van der Waals surface area contributed by atoms with E-state index in [1.807, 2.05) is 30.3 Å². The lowest BCUT2D eigenvalue weighted by molar-refractivity contribution is 0.218. The first-order valence-electron chi connectivity index (χ1n) is 6.20. The number of hydrogen-bond donors (Lipinski definition) is 2. The van der Waals surface area contributed by atoms with Gasteiger partial charge in [0.1, 0.15) is 5.76 Å². The van der Waals surface area contributed by atoms with Crippen molar-refractivity contribution < 1.29 is 9.21 Å². The van der Waals surface area contributed by atoms with E-state index in [1.54, 1.807) is 11.9 Å². The summed E-state index contributed by atoms with van der Waals surface area (Å²) < 4.78 is 6.15. The second-order valence-corrected chi connectivity index (χ2v) is 5.60. The van der Waals surface area contributed by atoms with Gasteiger partial charge >= 0.3 is 6.03 Å². The van der Waals surface area contributed by atoms with Crippen molar-refractivity contribution in [3.8, 4) is 0 Å². The average Bonchev–Trinajstić information content (AvgIpc) is 2.85. The lowest BCUT2D eigenvalue weighted by atomic mass is 10.0. The van der Waals surface area contributed by atoms with E-state index >= 15 is 0 Å². The fourth-order valence-electron chi connectivity index (χ4n) is 2.26. The highest BCUT2D eigenvalue weighted by atomic mass is 79.9. The number of hydrogen-bond acceptors (Lipinski definition) is 3. The molecule has 104 valence electrons. The minimum absolute atomic E-state index is 0.0930. The van der Waals surface area contributed by atoms with Crippen molar-refractivity contribution in [2.24, 2.45) is 5.73 Å². The topological polar surface area (TPSA) is 71.5 Å². The molecule has 3 rings (SSSR count). The zero-order valence-corrected chi connectivity index (χ0v) is 12.5. The van der Waals surface area contributed by atoms with Gasteiger partial charge in [-0.25, -0.2) is 4.79 Å². The Balaban J connectivity index is 1.92. The van der Waals surface area contributed by atoms with Crippen molar-refractivity contribution in [3.63, 3.8) is 0 Å². The maximum atomic E-state index is 11.6. The predicted octanol–water partition coefficient (Wildman–Crippen LogP) is 3.07. The molecule has 1 atom stereocenters. The SMILES string of the molecule is CN1Cc2cc(C(N)c3ccc(Br)o3)ccc2NC1=O. The van der Waals surface area contributed by atoms with Crippen LogP contribution in [-0.2, 0) is 6.54 Å². The molecule has 2 aromatic rings. The molecule has 1 unspecified atom stereocenters. The van der Waals surface area contributed by atoms with Crippen LogP contribution >= 0.6 is 15.9 Å². The van der Waals surface area contributed by atoms with Crippen LogP contribution in [-0.4, -0.2) is 18.0 Å². The summed E-state index contributed by atoms with van der Waals surface area (Å²) in [6.45, 7) is 0.573. The normalized spacial score (nSPS) is 15.8. The molecular weight excluding hydrogens is 322 g/mol. The summed E-state index contributed by atoms with van der Waals surface area (Å²) in [7, 11) is 1.76. The number of carbonyl (C=O) groups excluding carboxylic acids is 1. The van der Waals surface area contributed by atoms with E-state index in [0.29, 0.717) is 17.0 Å². The number of nitrogens with one attached hydrogen (secondary N) is 1. The standard InChI is InChI=1S/C14H14BrN3O2/c1-18-7-9-6-8(2-3-10(9)17-14(18)19)13(16)11-4-5-12(15)20-11/h2-6,13H,7,16H2,1H3,(H,17,19). The van der Waals surface area contributed by atoms with Crippen LogP contribution in [0.1, 0.15) is 22.9 Å². The van der Waals surface area contributed by atoms with Gasteiger partial charge in [-0.05, 0) is 51.3 Å². The number of rotatable bonds is 2. The lowest BCUT2D eigenvalue weighted by Gasteiger charge is -2.26. The highest BCUT2D eigenvalue weighted by molar-refractivity contribution is 9.10. The number of nitrogens with two attached hydrogens (primary N) is 1. The Kier molecular flexibility index (Phi) is 3.27. The Morgan fingerprint density at radius 3 is 2.90 bits per heavy atom. The minimum atomic E-state index is -0.325. The number of carbonyl (C=O) groups is 1. The van der Waals surface area contributed by atoms with Gasteiger partial charge in [-0.15, -0.1) is 0 Å². The highest BCUT2D eigenvalue weighted by Crippen LogP contribution is 2.29. The van der Waals surface area contributed by atoms with Crippen LogP contribution in [0.15, 0.2) is 39.4 Å². The van der Waals surface area contributed by atoms with E-state index in [-0.39, 0.29) is 12.1 Å². The van der Waals surface area contributed by atoms with Crippen LogP contribution in [0.3, 0.4) is 0 Å². The Morgan fingerprint density at radius 1 is 1.40 bits per heavy atom. The Hall–Kier alpha value is -1.79. The van der Waals surface area contributed by atoms with Gasteiger partial charge < -0.3 is 20.4 Å². The summed E-state index contributed by atoms with van der Waals surface area (Å²) in [5, 5.41) is 2.83. The third-order valence-electron chi connectivity index (χ3n) is 3.38. The third-order valence-corrected chi connectivity index (χ3v) is 3.81. The third kappa shape index (κ3) is 2.32. The average molecular weight is 336 g/mol. The number of halogens is 1. The van der Waals surface area contributed by atoms with Gasteiger partial charge in [0.05, 0.1) is 6.04 Å². The summed E-state index contributed by atoms with van der Waals surface area (Å²) in [6, 6.07) is 9.05. The maximum absolute atomic E-state index is 11.6. The Labute approximate surface area is 124 Å². The molecule has 1 aromatic carbocycles. The molecule has 1 aromatic heterocycles. The van der Waals surface area contributed by atoms with Crippen LogP contribution in [0, 0.1) is 0 Å². The molecule has 3 N–H and O–H groups in total. The molecule has 0 saturated carbocycles. The summed E-state index contributed by atoms with van der Waals surface area (Å²) in [6.07, 6.45) is 0. The van der Waals surface area contributed by atoms with Crippen LogP contribution in [0.5, 0.6) is 0 Å². The van der Waals surface area contributed by atoms with Crippen LogP contribution in [0.2, 0.25) is 0 Å². The zero-order chi connectivity index (χ0) is 14.3. The maximum Gasteiger partial charge on any atom is 0.321 e. The number of fused-ring (bicyclic) bond motifs is 1. The molecule has 0 fully saturated rings. The van der Waals surface area contributed by atoms with E-state index in [4.69, 9.17) is 10.2 Å². The summed E-state index contributed by atoms with van der Waals surface area (Å²) in [4.78, 5) is 13.2. The summed E-state index contributed by atoms with van der Waals surface area (Å²) in [5.41, 5.74) is 9.05. The van der Waals surface area contributed by atoms with Crippen molar-refractivity contribution in [1.29, 1.82) is 0 Å². The van der Waals surface area contributed by atoms with E-state index < -0.39 is 0 Å². The number of anilines is 1. The van der Waals surface area contributed by atoms with Crippen molar-refractivity contribution >= 4 is 27.6 Å². The summed E-state index contributed by atoms with van der Waals surface area (Å²) >= 11 is 3.27. The van der Waals surface area contributed by atoms with Gasteiger partial charge in [0, 0.05) is 19.3 Å². The monoisotopic (exact) mass is 335 g/mol. The zero-order valence-electron chi connectivity index (χ0n) is 10.9. The minimum Gasteiger partial charge on any atom is -0.452 e. The van der Waals surface area contributed by atoms with Crippen LogP contribution < -0.4 is 11.1 Å². The molecule has 20 heavy (non-hydrogen) atoms. The van der Waals surface area contributed by atoms with Gasteiger partial charge in [0.15, 0.2) is 4.67 Å². The van der Waals surface area contributed by atoms with Gasteiger partial charge in [-0.2, -0.15) is 0 Å².